The van der Waals surface area contributed by atoms with Gasteiger partial charge in [-0.2, -0.15) is 0 Å². The predicted molar refractivity (Wildman–Crippen MR) is 75.3 cm³/mol. The number of unbranched alkanes of at least 4 members (excludes halogenated alkanes) is 1. The van der Waals surface area contributed by atoms with Gasteiger partial charge in [-0.1, -0.05) is 34.1 Å². The molecule has 0 aliphatic rings. The maximum atomic E-state index is 11.4. The first-order chi connectivity index (χ1) is 8.09. The van der Waals surface area contributed by atoms with E-state index in [1.54, 1.807) is 0 Å². The van der Waals surface area contributed by atoms with Gasteiger partial charge in [0.05, 0.1) is 0 Å². The number of nitrogens with zero attached hydrogens (tertiary/aromatic N) is 1. The van der Waals surface area contributed by atoms with Crippen molar-refractivity contribution in [2.75, 3.05) is 13.1 Å². The second-order valence-corrected chi connectivity index (χ2v) is 5.27. The average Bonchev–Trinajstić information content (AvgIpc) is 2.39. The molecule has 0 spiro atoms. The molecule has 0 fully saturated rings. The monoisotopic (exact) mass is 241 g/mol. The molecule has 102 valence electrons. The van der Waals surface area contributed by atoms with Gasteiger partial charge in [0.1, 0.15) is 6.29 Å². The molecule has 0 aliphatic heterocycles. The van der Waals surface area contributed by atoms with Crippen molar-refractivity contribution in [1.29, 1.82) is 0 Å². The van der Waals surface area contributed by atoms with Gasteiger partial charge >= 0.3 is 0 Å². The lowest BCUT2D eigenvalue weighted by Crippen LogP contribution is -2.43. The van der Waals surface area contributed by atoms with Crippen molar-refractivity contribution >= 4 is 6.29 Å². The van der Waals surface area contributed by atoms with E-state index in [-0.39, 0.29) is 5.41 Å². The van der Waals surface area contributed by atoms with Crippen LogP contribution in [0.3, 0.4) is 0 Å². The molecule has 2 heteroatoms. The van der Waals surface area contributed by atoms with Crippen LogP contribution in [0.1, 0.15) is 66.7 Å². The van der Waals surface area contributed by atoms with Crippen LogP contribution in [0.25, 0.3) is 0 Å². The highest BCUT2D eigenvalue weighted by atomic mass is 16.1. The van der Waals surface area contributed by atoms with Crippen molar-refractivity contribution in [1.82, 2.24) is 4.90 Å². The van der Waals surface area contributed by atoms with E-state index in [2.05, 4.69) is 39.5 Å². The summed E-state index contributed by atoms with van der Waals surface area (Å²) in [5.74, 6) is 0. The minimum absolute atomic E-state index is 0.128. The Labute approximate surface area is 108 Å². The first-order valence-electron chi connectivity index (χ1n) is 7.29. The van der Waals surface area contributed by atoms with Gasteiger partial charge < -0.3 is 4.79 Å². The summed E-state index contributed by atoms with van der Waals surface area (Å²) in [5.41, 5.74) is -0.128. The van der Waals surface area contributed by atoms with E-state index in [1.807, 2.05) is 0 Å². The summed E-state index contributed by atoms with van der Waals surface area (Å²) in [6.45, 7) is 13.0. The topological polar surface area (TPSA) is 20.3 Å². The molecule has 0 aromatic rings. The molecule has 0 saturated heterocycles. The summed E-state index contributed by atoms with van der Waals surface area (Å²) < 4.78 is 0. The number of hydrogen-bond donors (Lipinski definition) is 0. The highest BCUT2D eigenvalue weighted by molar-refractivity contribution is 5.59. The lowest BCUT2D eigenvalue weighted by molar-refractivity contribution is -0.118. The van der Waals surface area contributed by atoms with Gasteiger partial charge in [0.25, 0.3) is 0 Å². The molecule has 1 atom stereocenters. The predicted octanol–water partition coefficient (Wildman–Crippen LogP) is 3.89. The molecule has 0 aromatic heterocycles. The van der Waals surface area contributed by atoms with Crippen LogP contribution in [0.15, 0.2) is 0 Å². The number of aldehydes is 1. The van der Waals surface area contributed by atoms with E-state index in [4.69, 9.17) is 0 Å². The zero-order valence-corrected chi connectivity index (χ0v) is 12.5. The van der Waals surface area contributed by atoms with Crippen LogP contribution in [0.2, 0.25) is 0 Å². The lowest BCUT2D eigenvalue weighted by Gasteiger charge is -2.36. The summed E-state index contributed by atoms with van der Waals surface area (Å²) in [6.07, 6.45) is 6.70. The summed E-state index contributed by atoms with van der Waals surface area (Å²) >= 11 is 0. The van der Waals surface area contributed by atoms with Crippen LogP contribution in [0.4, 0.5) is 0 Å². The van der Waals surface area contributed by atoms with Crippen molar-refractivity contribution in [3.8, 4) is 0 Å². The first kappa shape index (κ1) is 16.6. The van der Waals surface area contributed by atoms with Crippen LogP contribution in [-0.2, 0) is 4.79 Å². The SMILES string of the molecule is CCCCN(CC(C=O)(CC)CC)C(C)CC. The summed E-state index contributed by atoms with van der Waals surface area (Å²) in [4.78, 5) is 13.9. The third-order valence-electron chi connectivity index (χ3n) is 4.19. The normalized spacial score (nSPS) is 14.0. The summed E-state index contributed by atoms with van der Waals surface area (Å²) in [6, 6.07) is 0.582. The maximum absolute atomic E-state index is 11.4. The molecule has 0 bridgehead atoms. The second kappa shape index (κ2) is 8.68. The fraction of sp³-hybridized carbons (Fsp3) is 0.933. The average molecular weight is 241 g/mol. The molecule has 2 nitrogen and oxygen atoms in total. The van der Waals surface area contributed by atoms with Crippen LogP contribution >= 0.6 is 0 Å². The highest BCUT2D eigenvalue weighted by Gasteiger charge is 2.29. The number of carbonyl (C=O) groups excluding carboxylic acids is 1. The van der Waals surface area contributed by atoms with E-state index in [0.29, 0.717) is 6.04 Å². The van der Waals surface area contributed by atoms with Crippen LogP contribution in [0, 0.1) is 5.41 Å². The highest BCUT2D eigenvalue weighted by Crippen LogP contribution is 2.26. The van der Waals surface area contributed by atoms with Gasteiger partial charge in [0, 0.05) is 18.0 Å². The van der Waals surface area contributed by atoms with Crippen molar-refractivity contribution in [2.45, 2.75) is 72.8 Å². The first-order valence-corrected chi connectivity index (χ1v) is 7.29. The van der Waals surface area contributed by atoms with Crippen molar-refractivity contribution < 1.29 is 4.79 Å². The van der Waals surface area contributed by atoms with Gasteiger partial charge in [-0.3, -0.25) is 4.90 Å². The molecule has 0 rings (SSSR count). The molecular weight excluding hydrogens is 210 g/mol. The van der Waals surface area contributed by atoms with Crippen LogP contribution < -0.4 is 0 Å². The third kappa shape index (κ3) is 5.20. The molecule has 0 saturated carbocycles. The Hall–Kier alpha value is -0.370. The van der Waals surface area contributed by atoms with Crippen molar-refractivity contribution in [3.63, 3.8) is 0 Å². The van der Waals surface area contributed by atoms with Gasteiger partial charge in [-0.25, -0.2) is 0 Å². The van der Waals surface area contributed by atoms with Gasteiger partial charge in [-0.05, 0) is 39.2 Å². The fourth-order valence-corrected chi connectivity index (χ4v) is 2.16. The van der Waals surface area contributed by atoms with E-state index in [0.717, 1.165) is 32.4 Å². The third-order valence-corrected chi connectivity index (χ3v) is 4.19. The quantitative estimate of drug-likeness (QED) is 0.541. The Balaban J connectivity index is 4.63. The van der Waals surface area contributed by atoms with Crippen LogP contribution in [-0.4, -0.2) is 30.3 Å². The molecule has 0 heterocycles. The van der Waals surface area contributed by atoms with Crippen molar-refractivity contribution in [2.24, 2.45) is 5.41 Å². The van der Waals surface area contributed by atoms with Crippen molar-refractivity contribution in [3.05, 3.63) is 0 Å². The second-order valence-electron chi connectivity index (χ2n) is 5.27. The molecule has 0 aliphatic carbocycles. The molecule has 1 unspecified atom stereocenters. The molecular formula is C15H31NO. The Morgan fingerprint density at radius 3 is 2.12 bits per heavy atom. The summed E-state index contributed by atoms with van der Waals surface area (Å²) in [7, 11) is 0. The van der Waals surface area contributed by atoms with E-state index in [9.17, 15) is 4.79 Å². The van der Waals surface area contributed by atoms with Crippen LogP contribution in [0.5, 0.6) is 0 Å². The fourth-order valence-electron chi connectivity index (χ4n) is 2.16. The van der Waals surface area contributed by atoms with E-state index in [1.165, 1.54) is 19.1 Å². The number of rotatable bonds is 10. The molecule has 0 amide bonds. The Morgan fingerprint density at radius 1 is 1.18 bits per heavy atom. The molecule has 0 N–H and O–H groups in total. The minimum Gasteiger partial charge on any atom is -0.303 e. The Bertz CT molecular complexity index is 199. The van der Waals surface area contributed by atoms with Gasteiger partial charge in [0.2, 0.25) is 0 Å². The summed E-state index contributed by atoms with van der Waals surface area (Å²) in [5, 5.41) is 0. The lowest BCUT2D eigenvalue weighted by atomic mass is 9.83. The molecule has 0 aromatic carbocycles. The van der Waals surface area contributed by atoms with E-state index < -0.39 is 0 Å². The zero-order valence-electron chi connectivity index (χ0n) is 12.5. The Morgan fingerprint density at radius 2 is 1.76 bits per heavy atom. The standard InChI is InChI=1S/C15H31NO/c1-6-10-11-16(14(5)7-2)12-15(8-3,9-4)13-17/h13-14H,6-12H2,1-5H3. The van der Waals surface area contributed by atoms with Gasteiger partial charge in [0.15, 0.2) is 0 Å². The zero-order chi connectivity index (χ0) is 13.3. The minimum atomic E-state index is -0.128. The molecule has 0 radical (unpaired) electrons. The smallest absolute Gasteiger partial charge is 0.127 e. The number of hydrogen-bond acceptors (Lipinski definition) is 2. The Kier molecular flexibility index (Phi) is 8.49. The maximum Gasteiger partial charge on any atom is 0.127 e. The van der Waals surface area contributed by atoms with Gasteiger partial charge in [-0.15, -0.1) is 0 Å². The van der Waals surface area contributed by atoms with E-state index >= 15 is 0 Å². The largest absolute Gasteiger partial charge is 0.303 e. The molecule has 17 heavy (non-hydrogen) atoms. The number of carbonyl (C=O) groups is 1.